The van der Waals surface area contributed by atoms with E-state index in [1.807, 2.05) is 6.92 Å². The van der Waals surface area contributed by atoms with Crippen LogP contribution < -0.4 is 16.4 Å². The largest absolute Gasteiger partial charge is 0.370 e. The molecule has 5 nitrogen and oxygen atoms in total. The van der Waals surface area contributed by atoms with Crippen LogP contribution in [-0.2, 0) is 6.42 Å². The molecule has 0 aromatic heterocycles. The van der Waals surface area contributed by atoms with E-state index in [0.717, 1.165) is 6.07 Å². The topological polar surface area (TPSA) is 79.5 Å². The highest BCUT2D eigenvalue weighted by molar-refractivity contribution is 6.30. The zero-order valence-electron chi connectivity index (χ0n) is 10.1. The second-order valence-corrected chi connectivity index (χ2v) is 3.90. The molecule has 0 aliphatic rings. The fraction of sp³-hybridized carbons (Fsp3) is 0.273. The first-order valence-corrected chi connectivity index (χ1v) is 5.63. The van der Waals surface area contributed by atoms with Crippen LogP contribution in [0.3, 0.4) is 0 Å². The Hall–Kier alpha value is -1.82. The summed E-state index contributed by atoms with van der Waals surface area (Å²) in [7, 11) is 1.43. The van der Waals surface area contributed by atoms with Crippen molar-refractivity contribution >= 4 is 29.3 Å². The molecule has 98 valence electrons. The van der Waals surface area contributed by atoms with Crippen LogP contribution in [0.5, 0.6) is 0 Å². The molecule has 1 rings (SSSR count). The number of nitrogens with two attached hydrogens (primary N) is 1. The fourth-order valence-corrected chi connectivity index (χ4v) is 1.59. The molecule has 18 heavy (non-hydrogen) atoms. The average molecular weight is 273 g/mol. The lowest BCUT2D eigenvalue weighted by Gasteiger charge is -2.12. The normalized spacial score (nSPS) is 11.2. The summed E-state index contributed by atoms with van der Waals surface area (Å²) in [4.78, 5) is 15.1. The van der Waals surface area contributed by atoms with Crippen molar-refractivity contribution in [1.82, 2.24) is 5.32 Å². The van der Waals surface area contributed by atoms with E-state index in [1.165, 1.54) is 7.05 Å². The maximum atomic E-state index is 13.7. The molecule has 0 saturated carbocycles. The van der Waals surface area contributed by atoms with Crippen LogP contribution in [0.4, 0.5) is 14.9 Å². The fourth-order valence-electron chi connectivity index (χ4n) is 1.36. The first kappa shape index (κ1) is 14.2. The van der Waals surface area contributed by atoms with Gasteiger partial charge in [0.1, 0.15) is 5.82 Å². The summed E-state index contributed by atoms with van der Waals surface area (Å²) in [5.74, 6) is -0.651. The van der Waals surface area contributed by atoms with Crippen molar-refractivity contribution in [3.05, 3.63) is 28.5 Å². The molecule has 0 unspecified atom stereocenters. The number of carbonyl (C=O) groups is 1. The van der Waals surface area contributed by atoms with Crippen molar-refractivity contribution in [2.24, 2.45) is 10.7 Å². The summed E-state index contributed by atoms with van der Waals surface area (Å²) in [6.07, 6.45) is 0.532. The van der Waals surface area contributed by atoms with Crippen molar-refractivity contribution < 1.29 is 9.18 Å². The lowest BCUT2D eigenvalue weighted by Crippen LogP contribution is -2.39. The molecule has 0 radical (unpaired) electrons. The van der Waals surface area contributed by atoms with Gasteiger partial charge in [-0.1, -0.05) is 18.5 Å². The molecular weight excluding hydrogens is 259 g/mol. The number of anilines is 1. The summed E-state index contributed by atoms with van der Waals surface area (Å²) < 4.78 is 13.7. The van der Waals surface area contributed by atoms with Crippen LogP contribution in [0.1, 0.15) is 12.5 Å². The van der Waals surface area contributed by atoms with Gasteiger partial charge in [0.15, 0.2) is 5.96 Å². The second kappa shape index (κ2) is 6.20. The molecule has 0 saturated heterocycles. The minimum Gasteiger partial charge on any atom is -0.370 e. The maximum Gasteiger partial charge on any atom is 0.326 e. The maximum absolute atomic E-state index is 13.7. The van der Waals surface area contributed by atoms with Crippen LogP contribution in [0.2, 0.25) is 5.02 Å². The average Bonchev–Trinajstić information content (AvgIpc) is 2.31. The van der Waals surface area contributed by atoms with Gasteiger partial charge in [-0.15, -0.1) is 0 Å². The lowest BCUT2D eigenvalue weighted by atomic mass is 10.1. The Labute approximate surface area is 109 Å². The number of aryl methyl sites for hydroxylation is 1. The Morgan fingerprint density at radius 3 is 2.78 bits per heavy atom. The number of hydrogen-bond donors (Lipinski definition) is 3. The Balaban J connectivity index is 2.93. The summed E-state index contributed by atoms with van der Waals surface area (Å²) in [6, 6.07) is 2.07. The van der Waals surface area contributed by atoms with E-state index in [2.05, 4.69) is 15.6 Å². The third-order valence-electron chi connectivity index (χ3n) is 2.24. The molecule has 0 atom stereocenters. The number of urea groups is 1. The molecule has 0 aliphatic carbocycles. The summed E-state index contributed by atoms with van der Waals surface area (Å²) >= 11 is 5.74. The SMILES string of the molecule is CCc1cc(Cl)cc(F)c1NC(=O)NC(N)=NC. The summed E-state index contributed by atoms with van der Waals surface area (Å²) in [5, 5.41) is 4.91. The van der Waals surface area contributed by atoms with Crippen molar-refractivity contribution in [3.8, 4) is 0 Å². The molecule has 2 amide bonds. The molecular formula is C11H14ClFN4O. The Bertz CT molecular complexity index is 490. The van der Waals surface area contributed by atoms with Crippen molar-refractivity contribution in [2.75, 3.05) is 12.4 Å². The van der Waals surface area contributed by atoms with Gasteiger partial charge in [0, 0.05) is 12.1 Å². The number of nitrogens with zero attached hydrogens (tertiary/aromatic N) is 1. The van der Waals surface area contributed by atoms with Gasteiger partial charge < -0.3 is 11.1 Å². The minimum atomic E-state index is -0.658. The van der Waals surface area contributed by atoms with Crippen LogP contribution in [-0.4, -0.2) is 19.0 Å². The number of halogens is 2. The number of amides is 2. The molecule has 0 aliphatic heterocycles. The van der Waals surface area contributed by atoms with Crippen LogP contribution >= 0.6 is 11.6 Å². The van der Waals surface area contributed by atoms with E-state index in [-0.39, 0.29) is 16.7 Å². The summed E-state index contributed by atoms with van der Waals surface area (Å²) in [6.45, 7) is 1.83. The van der Waals surface area contributed by atoms with Gasteiger partial charge in [0.25, 0.3) is 0 Å². The molecule has 0 fully saturated rings. The van der Waals surface area contributed by atoms with E-state index < -0.39 is 11.8 Å². The number of nitrogens with one attached hydrogen (secondary N) is 2. The molecule has 4 N–H and O–H groups in total. The Morgan fingerprint density at radius 1 is 1.56 bits per heavy atom. The first-order valence-electron chi connectivity index (χ1n) is 5.26. The van der Waals surface area contributed by atoms with Gasteiger partial charge in [-0.2, -0.15) is 0 Å². The van der Waals surface area contributed by atoms with Gasteiger partial charge in [0.2, 0.25) is 0 Å². The van der Waals surface area contributed by atoms with Crippen molar-refractivity contribution in [1.29, 1.82) is 0 Å². The van der Waals surface area contributed by atoms with E-state index >= 15 is 0 Å². The Morgan fingerprint density at radius 2 is 2.22 bits per heavy atom. The quantitative estimate of drug-likeness (QED) is 0.569. The van der Waals surface area contributed by atoms with Crippen molar-refractivity contribution in [3.63, 3.8) is 0 Å². The molecule has 1 aromatic carbocycles. The number of aliphatic imine (C=N–C) groups is 1. The van der Waals surface area contributed by atoms with E-state index in [1.54, 1.807) is 6.07 Å². The highest BCUT2D eigenvalue weighted by Gasteiger charge is 2.12. The molecule has 1 aromatic rings. The van der Waals surface area contributed by atoms with Crippen LogP contribution in [0, 0.1) is 5.82 Å². The third kappa shape index (κ3) is 3.59. The number of hydrogen-bond acceptors (Lipinski definition) is 2. The molecule has 0 bridgehead atoms. The van der Waals surface area contributed by atoms with Gasteiger partial charge in [-0.05, 0) is 24.1 Å². The first-order chi connectivity index (χ1) is 8.47. The smallest absolute Gasteiger partial charge is 0.326 e. The summed E-state index contributed by atoms with van der Waals surface area (Å²) in [5.41, 5.74) is 6.01. The van der Waals surface area contributed by atoms with Gasteiger partial charge in [0.05, 0.1) is 5.69 Å². The van der Waals surface area contributed by atoms with E-state index in [9.17, 15) is 9.18 Å². The number of rotatable bonds is 2. The van der Waals surface area contributed by atoms with E-state index in [0.29, 0.717) is 12.0 Å². The highest BCUT2D eigenvalue weighted by Crippen LogP contribution is 2.25. The van der Waals surface area contributed by atoms with E-state index in [4.69, 9.17) is 17.3 Å². The lowest BCUT2D eigenvalue weighted by molar-refractivity contribution is 0.256. The molecule has 0 heterocycles. The predicted octanol–water partition coefficient (Wildman–Crippen LogP) is 2.11. The molecule has 7 heteroatoms. The van der Waals surface area contributed by atoms with Gasteiger partial charge in [-0.3, -0.25) is 10.3 Å². The van der Waals surface area contributed by atoms with Gasteiger partial charge in [-0.25, -0.2) is 9.18 Å². The van der Waals surface area contributed by atoms with Crippen LogP contribution in [0.15, 0.2) is 17.1 Å². The van der Waals surface area contributed by atoms with Crippen molar-refractivity contribution in [2.45, 2.75) is 13.3 Å². The second-order valence-electron chi connectivity index (χ2n) is 3.46. The minimum absolute atomic E-state index is 0.0556. The number of guanidine groups is 1. The monoisotopic (exact) mass is 272 g/mol. The van der Waals surface area contributed by atoms with Crippen LogP contribution in [0.25, 0.3) is 0 Å². The standard InChI is InChI=1S/C11H14ClFN4O/c1-3-6-4-7(12)5-8(13)9(6)16-11(18)17-10(14)15-2/h4-5H,3H2,1-2H3,(H4,14,15,16,17,18). The predicted molar refractivity (Wildman–Crippen MR) is 70.5 cm³/mol. The number of benzene rings is 1. The Kier molecular flexibility index (Phi) is 4.91. The van der Waals surface area contributed by atoms with Gasteiger partial charge >= 0.3 is 6.03 Å². The number of carbonyl (C=O) groups excluding carboxylic acids is 1. The third-order valence-corrected chi connectivity index (χ3v) is 2.46. The zero-order valence-corrected chi connectivity index (χ0v) is 10.8. The molecule has 0 spiro atoms. The highest BCUT2D eigenvalue weighted by atomic mass is 35.5. The zero-order chi connectivity index (χ0) is 13.7.